The van der Waals surface area contributed by atoms with Gasteiger partial charge in [-0.25, -0.2) is 0 Å². The molecule has 0 heterocycles. The van der Waals surface area contributed by atoms with E-state index < -0.39 is 20.4 Å². The molecule has 13 heavy (non-hydrogen) atoms. The molecule has 76 valence electrons. The van der Waals surface area contributed by atoms with E-state index in [0.29, 0.717) is 0 Å². The summed E-state index contributed by atoms with van der Waals surface area (Å²) >= 11 is -2.43. The summed E-state index contributed by atoms with van der Waals surface area (Å²) < 4.78 is 0.944. The molecular weight excluding hydrogens is 255 g/mol. The second-order valence-corrected chi connectivity index (χ2v) is 28.0. The van der Waals surface area contributed by atoms with E-state index in [-0.39, 0.29) is 0 Å². The first kappa shape index (κ1) is 14.0. The van der Waals surface area contributed by atoms with Gasteiger partial charge in [0.15, 0.2) is 0 Å². The summed E-state index contributed by atoms with van der Waals surface area (Å²) in [5.41, 5.74) is 2.37. The summed E-state index contributed by atoms with van der Waals surface area (Å²) in [6.45, 7) is 11.6. The van der Waals surface area contributed by atoms with Crippen molar-refractivity contribution in [2.24, 2.45) is 0 Å². The van der Waals surface area contributed by atoms with Gasteiger partial charge in [0.2, 0.25) is 0 Å². The maximum absolute atomic E-state index is 6.39. The molecular formula is C9H18Cl2SiTi. The Kier molecular flexibility index (Phi) is 6.21. The van der Waals surface area contributed by atoms with Gasteiger partial charge in [-0.3, -0.25) is 0 Å². The second-order valence-electron chi connectivity index (χ2n) is 3.93. The predicted molar refractivity (Wildman–Crippen MR) is 64.0 cm³/mol. The van der Waals surface area contributed by atoms with E-state index in [4.69, 9.17) is 18.6 Å². The zero-order valence-electron chi connectivity index (χ0n) is 8.82. The van der Waals surface area contributed by atoms with Gasteiger partial charge < -0.3 is 0 Å². The van der Waals surface area contributed by atoms with Gasteiger partial charge in [-0.1, -0.05) is 0 Å². The molecule has 0 aliphatic rings. The fourth-order valence-electron chi connectivity index (χ4n) is 1.05. The van der Waals surface area contributed by atoms with Crippen LogP contribution in [0.2, 0.25) is 17.8 Å². The minimum atomic E-state index is -2.43. The first-order valence-corrected chi connectivity index (χ1v) is 15.5. The zero-order chi connectivity index (χ0) is 10.6. The zero-order valence-corrected chi connectivity index (χ0v) is 13.1. The van der Waals surface area contributed by atoms with E-state index in [9.17, 15) is 0 Å². The summed E-state index contributed by atoms with van der Waals surface area (Å²) in [5, 5.41) is 0. The number of halogens is 2. The van der Waals surface area contributed by atoms with E-state index in [2.05, 4.69) is 32.7 Å². The van der Waals surface area contributed by atoms with Gasteiger partial charge in [-0.2, -0.15) is 0 Å². The molecule has 0 bridgehead atoms. The standard InChI is InChI=1S/C7H11.C2H7Si.2ClH.Ti/c1-6(2)5-7(3)4;1-3-2;;;/h5H,1,3H2,2,4H3;3H,1-2H3;2*1H;/q;;;;+2/p-2. The monoisotopic (exact) mass is 272 g/mol. The Labute approximate surface area is 93.9 Å². The summed E-state index contributed by atoms with van der Waals surface area (Å²) in [6, 6.07) is 0. The van der Waals surface area contributed by atoms with Gasteiger partial charge in [-0.05, 0) is 0 Å². The minimum absolute atomic E-state index is 0.833. The predicted octanol–water partition coefficient (Wildman–Crippen LogP) is 4.37. The molecule has 0 nitrogen and oxygen atoms in total. The van der Waals surface area contributed by atoms with E-state index in [0.717, 1.165) is 10.3 Å². The Morgan fingerprint density at radius 3 is 2.15 bits per heavy atom. The van der Waals surface area contributed by atoms with E-state index in [1.165, 1.54) is 5.57 Å². The van der Waals surface area contributed by atoms with Gasteiger partial charge in [-0.15, -0.1) is 0 Å². The molecule has 0 rings (SSSR count). The van der Waals surface area contributed by atoms with Crippen LogP contribution in [-0.2, 0) is 13.7 Å². The molecule has 0 saturated carbocycles. The first-order chi connectivity index (χ1) is 5.75. The normalized spacial score (nSPS) is 13.6. The van der Waals surface area contributed by atoms with Crippen molar-refractivity contribution in [2.75, 3.05) is 0 Å². The Morgan fingerprint density at radius 2 is 1.85 bits per heavy atom. The Morgan fingerprint density at radius 1 is 1.38 bits per heavy atom. The van der Waals surface area contributed by atoms with Gasteiger partial charge >= 0.3 is 94.5 Å². The number of allylic oxidation sites excluding steroid dienone is 3. The molecule has 0 saturated heterocycles. The second kappa shape index (κ2) is 5.77. The Balaban J connectivity index is 4.36. The van der Waals surface area contributed by atoms with Crippen molar-refractivity contribution in [1.82, 2.24) is 0 Å². The van der Waals surface area contributed by atoms with Gasteiger partial charge in [0.05, 0.1) is 0 Å². The molecule has 4 heteroatoms. The van der Waals surface area contributed by atoms with Gasteiger partial charge in [0.25, 0.3) is 0 Å². The summed E-state index contributed by atoms with van der Waals surface area (Å²) in [7, 11) is 12.8. The number of hydrogen-bond acceptors (Lipinski definition) is 0. The van der Waals surface area contributed by atoms with Crippen molar-refractivity contribution in [1.29, 1.82) is 0 Å². The molecule has 0 aromatic rings. The van der Waals surface area contributed by atoms with Crippen LogP contribution in [0, 0.1) is 0 Å². The number of rotatable bonds is 4. The van der Waals surface area contributed by atoms with Crippen LogP contribution in [0.4, 0.5) is 0 Å². The summed E-state index contributed by atoms with van der Waals surface area (Å²) in [5.74, 6) is 0. The molecule has 0 amide bonds. The third-order valence-electron chi connectivity index (χ3n) is 1.85. The van der Waals surface area contributed by atoms with Crippen molar-refractivity contribution in [3.8, 4) is 0 Å². The van der Waals surface area contributed by atoms with Crippen LogP contribution < -0.4 is 0 Å². The topological polar surface area (TPSA) is 0 Å². The third kappa shape index (κ3) is 6.14. The molecule has 0 N–H and O–H groups in total. The van der Waals surface area contributed by atoms with E-state index in [1.807, 2.05) is 6.92 Å². The molecule has 0 aromatic carbocycles. The average Bonchev–Trinajstić information content (AvgIpc) is 1.82. The van der Waals surface area contributed by atoms with Crippen LogP contribution in [0.25, 0.3) is 0 Å². The molecule has 0 aromatic heterocycles. The van der Waals surface area contributed by atoms with Crippen LogP contribution in [0.1, 0.15) is 13.8 Å². The molecule has 0 radical (unpaired) electrons. The quantitative estimate of drug-likeness (QED) is 0.527. The Bertz CT molecular complexity index is 222. The Hall–Kier alpha value is 0.991. The van der Waals surface area contributed by atoms with Crippen molar-refractivity contribution >= 4 is 25.3 Å². The molecule has 0 aliphatic heterocycles. The van der Waals surface area contributed by atoms with Crippen molar-refractivity contribution in [2.45, 2.75) is 31.7 Å². The van der Waals surface area contributed by atoms with Crippen LogP contribution in [0.3, 0.4) is 0 Å². The third-order valence-corrected chi connectivity index (χ3v) is 25.8. The van der Waals surface area contributed by atoms with Crippen LogP contribution in [0.5, 0.6) is 0 Å². The molecule has 0 aliphatic carbocycles. The molecule has 0 unspecified atom stereocenters. The first-order valence-electron chi connectivity index (χ1n) is 4.46. The summed E-state index contributed by atoms with van der Waals surface area (Å²) in [4.78, 5) is 0. The molecule has 0 fully saturated rings. The van der Waals surface area contributed by atoms with E-state index in [1.54, 1.807) is 0 Å². The molecule has 0 spiro atoms. The maximum atomic E-state index is 6.39. The SMILES string of the molecule is C=C(C)C=C(C)[CH2][Ti]([Cl])([Cl])[SiH](C)C. The summed E-state index contributed by atoms with van der Waals surface area (Å²) in [6.07, 6.45) is 2.08. The van der Waals surface area contributed by atoms with Crippen LogP contribution in [-0.4, -0.2) is 6.66 Å². The average molecular weight is 273 g/mol. The van der Waals surface area contributed by atoms with Gasteiger partial charge in [0.1, 0.15) is 0 Å². The fourth-order valence-corrected chi connectivity index (χ4v) is 7.75. The molecule has 0 atom stereocenters. The van der Waals surface area contributed by atoms with Gasteiger partial charge in [0, 0.05) is 0 Å². The van der Waals surface area contributed by atoms with Crippen LogP contribution >= 0.6 is 18.6 Å². The number of hydrogen-bond donors (Lipinski definition) is 0. The van der Waals surface area contributed by atoms with Crippen LogP contribution in [0.15, 0.2) is 23.8 Å². The van der Waals surface area contributed by atoms with E-state index >= 15 is 0 Å². The van der Waals surface area contributed by atoms with Crippen molar-refractivity contribution in [3.63, 3.8) is 0 Å². The van der Waals surface area contributed by atoms with Crippen molar-refractivity contribution < 1.29 is 13.7 Å². The van der Waals surface area contributed by atoms with Crippen molar-refractivity contribution in [3.05, 3.63) is 23.8 Å². The fraction of sp³-hybridized carbons (Fsp3) is 0.556.